The summed E-state index contributed by atoms with van der Waals surface area (Å²) in [5.41, 5.74) is 9.47. The average Bonchev–Trinajstić information content (AvgIpc) is 2.81. The van der Waals surface area contributed by atoms with E-state index in [0.29, 0.717) is 0 Å². The highest BCUT2D eigenvalue weighted by Crippen LogP contribution is 2.38. The van der Waals surface area contributed by atoms with E-state index in [1.54, 1.807) is 12.1 Å². The van der Waals surface area contributed by atoms with Gasteiger partial charge in [0.15, 0.2) is 0 Å². The first-order chi connectivity index (χ1) is 9.56. The summed E-state index contributed by atoms with van der Waals surface area (Å²) in [4.78, 5) is 2.01. The second-order valence-electron chi connectivity index (χ2n) is 5.17. The van der Waals surface area contributed by atoms with Crippen molar-refractivity contribution in [2.24, 2.45) is 5.73 Å². The summed E-state index contributed by atoms with van der Waals surface area (Å²) in [7, 11) is 0. The maximum absolute atomic E-state index is 13.5. The van der Waals surface area contributed by atoms with Gasteiger partial charge in [0.05, 0.1) is 0 Å². The monoisotopic (exact) mass is 274 g/mol. The summed E-state index contributed by atoms with van der Waals surface area (Å²) < 4.78 is 26.9. The van der Waals surface area contributed by atoms with Gasteiger partial charge in [0.2, 0.25) is 0 Å². The number of anilines is 2. The van der Waals surface area contributed by atoms with Gasteiger partial charge in [0.1, 0.15) is 11.6 Å². The fourth-order valence-corrected chi connectivity index (χ4v) is 2.74. The number of rotatable bonds is 2. The molecule has 1 aliphatic rings. The van der Waals surface area contributed by atoms with Crippen LogP contribution >= 0.6 is 0 Å². The van der Waals surface area contributed by atoms with Crippen LogP contribution in [0.4, 0.5) is 20.2 Å². The van der Waals surface area contributed by atoms with Crippen molar-refractivity contribution in [3.8, 4) is 0 Å². The molecule has 0 radical (unpaired) electrons. The van der Waals surface area contributed by atoms with Crippen LogP contribution in [0.25, 0.3) is 0 Å². The Morgan fingerprint density at radius 2 is 1.75 bits per heavy atom. The molecule has 0 saturated carbocycles. The van der Waals surface area contributed by atoms with E-state index in [0.717, 1.165) is 35.5 Å². The quantitative estimate of drug-likeness (QED) is 0.905. The van der Waals surface area contributed by atoms with Gasteiger partial charge in [-0.1, -0.05) is 6.07 Å². The maximum atomic E-state index is 13.5. The second-order valence-corrected chi connectivity index (χ2v) is 5.17. The Balaban J connectivity index is 2.10. The van der Waals surface area contributed by atoms with E-state index < -0.39 is 0 Å². The van der Waals surface area contributed by atoms with Gasteiger partial charge in [-0.25, -0.2) is 8.78 Å². The van der Waals surface area contributed by atoms with Crippen LogP contribution in [-0.4, -0.2) is 6.54 Å². The zero-order chi connectivity index (χ0) is 14.3. The lowest BCUT2D eigenvalue weighted by molar-refractivity contribution is 0.622. The van der Waals surface area contributed by atoms with Gasteiger partial charge in [0, 0.05) is 24.0 Å². The topological polar surface area (TPSA) is 29.3 Å². The molecule has 0 spiro atoms. The second kappa shape index (κ2) is 4.87. The zero-order valence-corrected chi connectivity index (χ0v) is 11.2. The molecule has 0 fully saturated rings. The van der Waals surface area contributed by atoms with Gasteiger partial charge >= 0.3 is 0 Å². The number of hydrogen-bond donors (Lipinski definition) is 1. The van der Waals surface area contributed by atoms with E-state index in [-0.39, 0.29) is 17.7 Å². The number of hydrogen-bond acceptors (Lipinski definition) is 2. The first-order valence-corrected chi connectivity index (χ1v) is 6.67. The van der Waals surface area contributed by atoms with E-state index in [4.69, 9.17) is 5.73 Å². The van der Waals surface area contributed by atoms with Crippen LogP contribution in [0.1, 0.15) is 24.1 Å². The molecule has 0 saturated heterocycles. The molecule has 104 valence electrons. The molecule has 4 heteroatoms. The minimum atomic E-state index is -0.306. The fraction of sp³-hybridized carbons (Fsp3) is 0.250. The number of nitrogens with two attached hydrogens (primary N) is 1. The molecule has 2 nitrogen and oxygen atoms in total. The highest BCUT2D eigenvalue weighted by molar-refractivity contribution is 5.72. The third-order valence-corrected chi connectivity index (χ3v) is 3.71. The van der Waals surface area contributed by atoms with Crippen molar-refractivity contribution >= 4 is 11.4 Å². The highest BCUT2D eigenvalue weighted by atomic mass is 19.1. The minimum Gasteiger partial charge on any atom is -0.341 e. The van der Waals surface area contributed by atoms with E-state index >= 15 is 0 Å². The van der Waals surface area contributed by atoms with Crippen LogP contribution in [0.5, 0.6) is 0 Å². The van der Waals surface area contributed by atoms with Gasteiger partial charge in [0.25, 0.3) is 0 Å². The lowest BCUT2D eigenvalue weighted by Gasteiger charge is -2.24. The number of fused-ring (bicyclic) bond motifs is 1. The fourth-order valence-electron chi connectivity index (χ4n) is 2.74. The molecular formula is C16H16F2N2. The highest BCUT2D eigenvalue weighted by Gasteiger charge is 2.23. The van der Waals surface area contributed by atoms with Crippen LogP contribution in [0, 0.1) is 11.6 Å². The predicted octanol–water partition coefficient (Wildman–Crippen LogP) is 3.68. The van der Waals surface area contributed by atoms with Gasteiger partial charge in [-0.05, 0) is 54.8 Å². The average molecular weight is 274 g/mol. The molecule has 2 N–H and O–H groups in total. The first-order valence-electron chi connectivity index (χ1n) is 6.67. The Labute approximate surface area is 116 Å². The predicted molar refractivity (Wildman–Crippen MR) is 76.1 cm³/mol. The van der Waals surface area contributed by atoms with Crippen LogP contribution in [0.15, 0.2) is 36.4 Å². The Morgan fingerprint density at radius 3 is 2.50 bits per heavy atom. The van der Waals surface area contributed by atoms with Crippen molar-refractivity contribution in [2.45, 2.75) is 19.4 Å². The van der Waals surface area contributed by atoms with Crippen LogP contribution in [0.3, 0.4) is 0 Å². The van der Waals surface area contributed by atoms with Crippen molar-refractivity contribution in [3.05, 3.63) is 59.2 Å². The van der Waals surface area contributed by atoms with E-state index in [2.05, 4.69) is 0 Å². The molecule has 2 aromatic carbocycles. The number of halogens is 2. The lowest BCUT2D eigenvalue weighted by Crippen LogP contribution is -2.18. The smallest absolute Gasteiger partial charge is 0.125 e. The summed E-state index contributed by atoms with van der Waals surface area (Å²) in [5, 5.41) is 0. The largest absolute Gasteiger partial charge is 0.341 e. The third kappa shape index (κ3) is 2.16. The summed E-state index contributed by atoms with van der Waals surface area (Å²) in [6.45, 7) is 2.57. The summed E-state index contributed by atoms with van der Waals surface area (Å²) in [6.07, 6.45) is 0.853. The number of nitrogens with zero attached hydrogens (tertiary/aromatic N) is 1. The van der Waals surface area contributed by atoms with Gasteiger partial charge in [-0.2, -0.15) is 0 Å². The maximum Gasteiger partial charge on any atom is 0.125 e. The normalized spacial score (nSPS) is 15.3. The molecule has 20 heavy (non-hydrogen) atoms. The van der Waals surface area contributed by atoms with E-state index in [1.807, 2.05) is 11.8 Å². The van der Waals surface area contributed by atoms with E-state index in [1.165, 1.54) is 24.3 Å². The summed E-state index contributed by atoms with van der Waals surface area (Å²) in [5.74, 6) is -0.570. The summed E-state index contributed by atoms with van der Waals surface area (Å²) >= 11 is 0. The first kappa shape index (κ1) is 13.1. The Morgan fingerprint density at radius 1 is 1.05 bits per heavy atom. The third-order valence-electron chi connectivity index (χ3n) is 3.71. The lowest BCUT2D eigenvalue weighted by atomic mass is 10.1. The Bertz CT molecular complexity index is 653. The van der Waals surface area contributed by atoms with Crippen LogP contribution in [0.2, 0.25) is 0 Å². The Hall–Kier alpha value is -1.94. The van der Waals surface area contributed by atoms with Crippen LogP contribution in [-0.2, 0) is 6.42 Å². The SMILES string of the molecule is C[C@H](N)c1cc(F)ccc1N1CCc2ccc(F)cc21. The van der Waals surface area contributed by atoms with Gasteiger partial charge in [-0.15, -0.1) is 0 Å². The van der Waals surface area contributed by atoms with Crippen molar-refractivity contribution in [2.75, 3.05) is 11.4 Å². The van der Waals surface area contributed by atoms with Crippen molar-refractivity contribution in [1.29, 1.82) is 0 Å². The van der Waals surface area contributed by atoms with E-state index in [9.17, 15) is 8.78 Å². The molecule has 0 unspecified atom stereocenters. The standard InChI is InChI=1S/C16H16F2N2/c1-10(19)14-8-12(17)4-5-15(14)20-7-6-11-2-3-13(18)9-16(11)20/h2-5,8-10H,6-7,19H2,1H3/t10-/m0/s1. The molecule has 1 aliphatic heterocycles. The molecule has 2 aromatic rings. The van der Waals surface area contributed by atoms with Crippen molar-refractivity contribution in [1.82, 2.24) is 0 Å². The van der Waals surface area contributed by atoms with Crippen LogP contribution < -0.4 is 10.6 Å². The zero-order valence-electron chi connectivity index (χ0n) is 11.2. The molecule has 3 rings (SSSR count). The molecule has 0 aliphatic carbocycles. The molecule has 0 amide bonds. The van der Waals surface area contributed by atoms with Crippen molar-refractivity contribution < 1.29 is 8.78 Å². The molecule has 0 aromatic heterocycles. The molecular weight excluding hydrogens is 258 g/mol. The van der Waals surface area contributed by atoms with Crippen molar-refractivity contribution in [3.63, 3.8) is 0 Å². The van der Waals surface area contributed by atoms with Gasteiger partial charge < -0.3 is 10.6 Å². The Kier molecular flexibility index (Phi) is 3.18. The van der Waals surface area contributed by atoms with Gasteiger partial charge in [-0.3, -0.25) is 0 Å². The number of benzene rings is 2. The molecule has 0 bridgehead atoms. The summed E-state index contributed by atoms with van der Waals surface area (Å²) in [6, 6.07) is 9.11. The molecule has 1 heterocycles. The minimum absolute atomic E-state index is 0.264. The molecule has 1 atom stereocenters.